The first kappa shape index (κ1) is 33.3. The molecule has 3 heterocycles. The number of halogens is 3. The number of alkyl halides is 3. The third kappa shape index (κ3) is 8.01. The number of pyridine rings is 1. The van der Waals surface area contributed by atoms with Gasteiger partial charge in [0.1, 0.15) is 23.2 Å². The lowest BCUT2D eigenvalue weighted by atomic mass is 9.94. The lowest BCUT2D eigenvalue weighted by molar-refractivity contribution is -0.141. The Bertz CT molecular complexity index is 1700. The van der Waals surface area contributed by atoms with E-state index in [2.05, 4.69) is 20.3 Å². The summed E-state index contributed by atoms with van der Waals surface area (Å²) in [6.45, 7) is 5.13. The second-order valence-corrected chi connectivity index (χ2v) is 14.9. The van der Waals surface area contributed by atoms with Crippen molar-refractivity contribution in [3.05, 3.63) is 77.1 Å². The van der Waals surface area contributed by atoms with E-state index in [0.29, 0.717) is 35.0 Å². The molecule has 0 radical (unpaired) electrons. The Morgan fingerprint density at radius 3 is 2.30 bits per heavy atom. The maximum Gasteiger partial charge on any atom is 0.433 e. The Morgan fingerprint density at radius 1 is 1.04 bits per heavy atom. The summed E-state index contributed by atoms with van der Waals surface area (Å²) in [7, 11) is -3.51. The van der Waals surface area contributed by atoms with E-state index in [4.69, 9.17) is 4.74 Å². The van der Waals surface area contributed by atoms with Crippen LogP contribution in [0, 0.1) is 5.92 Å². The van der Waals surface area contributed by atoms with Crippen molar-refractivity contribution in [1.29, 1.82) is 0 Å². The lowest BCUT2D eigenvalue weighted by Crippen LogP contribution is -2.40. The minimum Gasteiger partial charge on any atom is -0.444 e. The number of carbonyl (C=O) groups excluding carboxylic acids is 2. The molecule has 1 aromatic carbocycles. The Kier molecular flexibility index (Phi) is 9.13. The first-order chi connectivity index (χ1) is 21.5. The zero-order valence-corrected chi connectivity index (χ0v) is 26.8. The van der Waals surface area contributed by atoms with Gasteiger partial charge in [0.15, 0.2) is 9.84 Å². The van der Waals surface area contributed by atoms with Crippen molar-refractivity contribution in [3.63, 3.8) is 0 Å². The number of carbonyl (C=O) groups is 2. The fourth-order valence-electron chi connectivity index (χ4n) is 5.58. The molecule has 2 aliphatic rings. The summed E-state index contributed by atoms with van der Waals surface area (Å²) >= 11 is 0. The SMILES string of the molecule is CC(C)(C)OC(=O)N1Cc2cc(S(C)(=O)=O)ccc2[C@@H]1C(=O)Nc1cnc(C(CCCc2ccc(C(F)(F)F)nc2)C2CC2)nc1. The molecule has 0 saturated heterocycles. The number of rotatable bonds is 9. The van der Waals surface area contributed by atoms with Crippen LogP contribution in [-0.4, -0.2) is 52.1 Å². The molecule has 0 spiro atoms. The van der Waals surface area contributed by atoms with Crippen molar-refractivity contribution in [3.8, 4) is 0 Å². The third-order valence-corrected chi connectivity index (χ3v) is 9.03. The Labute approximate surface area is 265 Å². The van der Waals surface area contributed by atoms with Crippen LogP contribution in [0.2, 0.25) is 0 Å². The highest BCUT2D eigenvalue weighted by molar-refractivity contribution is 7.90. The standard InChI is InChI=1S/C32H36F3N5O5S/c1-31(2,3)45-30(42)40-18-21-14-23(46(4,43)44)11-12-24(21)27(40)29(41)39-22-16-37-28(38-17-22)25(20-9-10-20)7-5-6-19-8-13-26(36-15-19)32(33,34)35/h8,11-17,20,25,27H,5-7,9-10,18H2,1-4H3,(H,39,41)/t25?,27-/m1/s1. The van der Waals surface area contributed by atoms with Gasteiger partial charge in [0, 0.05) is 18.4 Å². The third-order valence-electron chi connectivity index (χ3n) is 7.92. The fourth-order valence-corrected chi connectivity index (χ4v) is 6.25. The number of aromatic nitrogens is 3. The van der Waals surface area contributed by atoms with Gasteiger partial charge < -0.3 is 10.1 Å². The Morgan fingerprint density at radius 2 is 1.74 bits per heavy atom. The smallest absolute Gasteiger partial charge is 0.433 e. The van der Waals surface area contributed by atoms with Gasteiger partial charge in [-0.3, -0.25) is 14.7 Å². The number of amides is 2. The molecule has 1 aliphatic heterocycles. The number of ether oxygens (including phenoxy) is 1. The van der Waals surface area contributed by atoms with Crippen LogP contribution in [0.25, 0.3) is 0 Å². The molecule has 14 heteroatoms. The number of aryl methyl sites for hydroxylation is 1. The van der Waals surface area contributed by atoms with E-state index in [1.165, 1.54) is 41.7 Å². The quantitative estimate of drug-likeness (QED) is 0.286. The average molecular weight is 660 g/mol. The topological polar surface area (TPSA) is 131 Å². The molecule has 1 N–H and O–H groups in total. The summed E-state index contributed by atoms with van der Waals surface area (Å²) in [6.07, 6.45) is 4.31. The van der Waals surface area contributed by atoms with E-state index in [0.717, 1.165) is 43.6 Å². The van der Waals surface area contributed by atoms with Gasteiger partial charge in [0.25, 0.3) is 5.91 Å². The van der Waals surface area contributed by atoms with Crippen LogP contribution in [0.4, 0.5) is 23.7 Å². The first-order valence-corrected chi connectivity index (χ1v) is 16.9. The Balaban J connectivity index is 1.27. The number of hydrogen-bond acceptors (Lipinski definition) is 8. The minimum absolute atomic E-state index is 0.00721. The van der Waals surface area contributed by atoms with Gasteiger partial charge in [0.2, 0.25) is 0 Å². The maximum absolute atomic E-state index is 13.6. The molecule has 2 atom stereocenters. The highest BCUT2D eigenvalue weighted by Crippen LogP contribution is 2.44. The van der Waals surface area contributed by atoms with E-state index < -0.39 is 45.4 Å². The molecule has 3 aromatic rings. The first-order valence-electron chi connectivity index (χ1n) is 15.0. The molecule has 1 unspecified atom stereocenters. The van der Waals surface area contributed by atoms with E-state index in [1.807, 2.05) is 0 Å². The normalized spacial score (nSPS) is 17.4. The molecule has 0 bridgehead atoms. The second kappa shape index (κ2) is 12.6. The number of anilines is 1. The summed E-state index contributed by atoms with van der Waals surface area (Å²) in [5.74, 6) is 0.582. The van der Waals surface area contributed by atoms with Crippen LogP contribution in [0.15, 0.2) is 53.8 Å². The van der Waals surface area contributed by atoms with Gasteiger partial charge in [-0.05, 0) is 93.7 Å². The number of nitrogens with one attached hydrogen (secondary N) is 1. The predicted octanol–water partition coefficient (Wildman–Crippen LogP) is 6.24. The summed E-state index contributed by atoms with van der Waals surface area (Å²) in [6, 6.07) is 5.80. The molecule has 1 saturated carbocycles. The summed E-state index contributed by atoms with van der Waals surface area (Å²) < 4.78 is 68.3. The van der Waals surface area contributed by atoms with Gasteiger partial charge in [-0.2, -0.15) is 13.2 Å². The predicted molar refractivity (Wildman–Crippen MR) is 162 cm³/mol. The van der Waals surface area contributed by atoms with Crippen LogP contribution in [0.5, 0.6) is 0 Å². The van der Waals surface area contributed by atoms with Crippen molar-refractivity contribution in [2.24, 2.45) is 5.92 Å². The minimum atomic E-state index is -4.47. The van der Waals surface area contributed by atoms with Crippen LogP contribution in [-0.2, 0) is 38.5 Å². The van der Waals surface area contributed by atoms with Crippen LogP contribution >= 0.6 is 0 Å². The largest absolute Gasteiger partial charge is 0.444 e. The molecule has 5 rings (SSSR count). The molecule has 2 aromatic heterocycles. The number of hydrogen-bond donors (Lipinski definition) is 1. The van der Waals surface area contributed by atoms with Crippen molar-refractivity contribution < 1.29 is 35.9 Å². The summed E-state index contributed by atoms with van der Waals surface area (Å²) in [4.78, 5) is 40.7. The van der Waals surface area contributed by atoms with E-state index in [9.17, 15) is 31.2 Å². The van der Waals surface area contributed by atoms with Gasteiger partial charge in [-0.1, -0.05) is 12.1 Å². The van der Waals surface area contributed by atoms with Crippen molar-refractivity contribution in [2.45, 2.75) is 88.1 Å². The molecule has 1 aliphatic carbocycles. The van der Waals surface area contributed by atoms with E-state index in [-0.39, 0.29) is 17.4 Å². The lowest BCUT2D eigenvalue weighted by Gasteiger charge is -2.28. The summed E-state index contributed by atoms with van der Waals surface area (Å²) in [5, 5.41) is 2.79. The molecular formula is C32H36F3N5O5S. The average Bonchev–Trinajstić information content (AvgIpc) is 3.72. The molecule has 10 nitrogen and oxygen atoms in total. The zero-order valence-electron chi connectivity index (χ0n) is 26.0. The van der Waals surface area contributed by atoms with Gasteiger partial charge in [-0.25, -0.2) is 23.2 Å². The van der Waals surface area contributed by atoms with Gasteiger partial charge in [-0.15, -0.1) is 0 Å². The zero-order chi connectivity index (χ0) is 33.4. The Hall–Kier alpha value is -4.07. The monoisotopic (exact) mass is 659 g/mol. The van der Waals surface area contributed by atoms with Gasteiger partial charge in [0.05, 0.1) is 29.5 Å². The number of fused-ring (bicyclic) bond motifs is 1. The molecule has 2 amide bonds. The van der Waals surface area contributed by atoms with Crippen LogP contribution in [0.3, 0.4) is 0 Å². The highest BCUT2D eigenvalue weighted by Gasteiger charge is 2.41. The van der Waals surface area contributed by atoms with Crippen LogP contribution < -0.4 is 5.32 Å². The maximum atomic E-state index is 13.6. The van der Waals surface area contributed by atoms with Crippen molar-refractivity contribution >= 4 is 27.5 Å². The number of nitrogens with zero attached hydrogens (tertiary/aromatic N) is 4. The van der Waals surface area contributed by atoms with Crippen LogP contribution in [0.1, 0.15) is 86.6 Å². The molecular weight excluding hydrogens is 623 g/mol. The second-order valence-electron chi connectivity index (χ2n) is 12.8. The van der Waals surface area contributed by atoms with Gasteiger partial charge >= 0.3 is 12.3 Å². The fraction of sp³-hybridized carbons (Fsp3) is 0.469. The number of benzene rings is 1. The molecule has 246 valence electrons. The van der Waals surface area contributed by atoms with E-state index in [1.54, 1.807) is 26.8 Å². The highest BCUT2D eigenvalue weighted by atomic mass is 32.2. The van der Waals surface area contributed by atoms with E-state index >= 15 is 0 Å². The van der Waals surface area contributed by atoms with Crippen molar-refractivity contribution in [1.82, 2.24) is 19.9 Å². The van der Waals surface area contributed by atoms with Crippen molar-refractivity contribution in [2.75, 3.05) is 11.6 Å². The number of sulfone groups is 1. The molecule has 1 fully saturated rings. The summed E-state index contributed by atoms with van der Waals surface area (Å²) in [5.41, 5.74) is 0.336. The molecule has 46 heavy (non-hydrogen) atoms.